The average molecular weight is 421 g/mol. The van der Waals surface area contributed by atoms with E-state index in [-0.39, 0.29) is 17.4 Å². The second-order valence-corrected chi connectivity index (χ2v) is 10.5. The molecule has 1 atom stereocenters. The van der Waals surface area contributed by atoms with Crippen LogP contribution >= 0.6 is 0 Å². The van der Waals surface area contributed by atoms with Gasteiger partial charge in [-0.2, -0.15) is 0 Å². The highest BCUT2D eigenvalue weighted by Crippen LogP contribution is 2.30. The van der Waals surface area contributed by atoms with E-state index in [1.54, 1.807) is 0 Å². The topological polar surface area (TPSA) is 41.6 Å². The summed E-state index contributed by atoms with van der Waals surface area (Å²) in [5.41, 5.74) is 5.08. The molecule has 4 rings (SSSR count). The van der Waals surface area contributed by atoms with Gasteiger partial charge in [-0.25, -0.2) is 0 Å². The third kappa shape index (κ3) is 5.88. The van der Waals surface area contributed by atoms with Crippen LogP contribution in [-0.2, 0) is 19.4 Å². The quantitative estimate of drug-likeness (QED) is 0.664. The summed E-state index contributed by atoms with van der Waals surface area (Å²) < 4.78 is 5.79. The third-order valence-electron chi connectivity index (χ3n) is 6.32. The number of carbonyl (C=O) groups is 1. The summed E-state index contributed by atoms with van der Waals surface area (Å²) >= 11 is 0. The minimum atomic E-state index is 0.0821. The van der Waals surface area contributed by atoms with Gasteiger partial charge in [-0.15, -0.1) is 0 Å². The molecule has 4 nitrogen and oxygen atoms in total. The molecule has 2 aromatic rings. The van der Waals surface area contributed by atoms with Crippen molar-refractivity contribution in [3.8, 4) is 5.75 Å². The van der Waals surface area contributed by atoms with E-state index in [4.69, 9.17) is 4.74 Å². The number of hydrogen-bond acceptors (Lipinski definition) is 3. The number of ether oxygens (including phenoxy) is 1. The first-order valence-electron chi connectivity index (χ1n) is 11.6. The van der Waals surface area contributed by atoms with Gasteiger partial charge in [-0.05, 0) is 78.0 Å². The summed E-state index contributed by atoms with van der Waals surface area (Å²) in [7, 11) is 1.93. The Morgan fingerprint density at radius 1 is 1.06 bits per heavy atom. The van der Waals surface area contributed by atoms with E-state index in [1.807, 2.05) is 36.2 Å². The van der Waals surface area contributed by atoms with Crippen LogP contribution in [0, 0.1) is 11.3 Å². The van der Waals surface area contributed by atoms with Crippen molar-refractivity contribution in [1.82, 2.24) is 10.2 Å². The number of fused-ring (bicyclic) bond motifs is 1. The maximum absolute atomic E-state index is 13.0. The van der Waals surface area contributed by atoms with Gasteiger partial charge in [0.05, 0.1) is 6.61 Å². The molecule has 0 unspecified atom stereocenters. The molecule has 0 aromatic heterocycles. The van der Waals surface area contributed by atoms with Crippen molar-refractivity contribution in [3.05, 3.63) is 64.7 Å². The van der Waals surface area contributed by atoms with Gasteiger partial charge in [-0.3, -0.25) is 4.79 Å². The van der Waals surface area contributed by atoms with Crippen molar-refractivity contribution in [3.63, 3.8) is 0 Å². The highest BCUT2D eigenvalue weighted by Gasteiger charge is 2.28. The smallest absolute Gasteiger partial charge is 0.253 e. The zero-order chi connectivity index (χ0) is 22.0. The van der Waals surface area contributed by atoms with Gasteiger partial charge >= 0.3 is 0 Å². The van der Waals surface area contributed by atoms with Crippen LogP contribution in [0.15, 0.2) is 42.5 Å². The van der Waals surface area contributed by atoms with E-state index in [1.165, 1.54) is 29.5 Å². The first kappa shape index (κ1) is 21.9. The fraction of sp³-hybridized carbons (Fsp3) is 0.519. The Morgan fingerprint density at radius 3 is 2.45 bits per heavy atom. The van der Waals surface area contributed by atoms with E-state index in [2.05, 4.69) is 44.3 Å². The first-order chi connectivity index (χ1) is 14.8. The molecular formula is C27H36N2O2. The normalized spacial score (nSPS) is 18.0. The number of nitrogens with one attached hydrogen (secondary N) is 1. The van der Waals surface area contributed by atoms with Crippen LogP contribution in [0.5, 0.6) is 5.75 Å². The Kier molecular flexibility index (Phi) is 6.38. The van der Waals surface area contributed by atoms with Crippen LogP contribution in [0.2, 0.25) is 0 Å². The fourth-order valence-electron chi connectivity index (χ4n) is 4.18. The lowest BCUT2D eigenvalue weighted by atomic mass is 9.97. The molecule has 1 N–H and O–H groups in total. The molecular weight excluding hydrogens is 384 g/mol. The first-order valence-corrected chi connectivity index (χ1v) is 11.6. The van der Waals surface area contributed by atoms with Crippen LogP contribution in [0.3, 0.4) is 0 Å². The standard InChI is InChI=1S/C27H36N2O2/c1-27(2,3)18-28-16-20-7-8-22-14-24(15-23(22)13-20)29(4)26(30)21-9-11-25(12-10-21)31-17-19-5-6-19/h7-13,19,24,28H,5-6,14-18H2,1-4H3/t24-/m1/s1. The number of nitrogens with zero attached hydrogens (tertiary/aromatic N) is 1. The second-order valence-electron chi connectivity index (χ2n) is 10.5. The lowest BCUT2D eigenvalue weighted by molar-refractivity contribution is 0.0737. The number of rotatable bonds is 8. The SMILES string of the molecule is CN(C(=O)c1ccc(OCC2CC2)cc1)[C@@H]1Cc2ccc(CNCC(C)(C)C)cc2C1. The van der Waals surface area contributed by atoms with Crippen LogP contribution in [0.1, 0.15) is 60.7 Å². The van der Waals surface area contributed by atoms with Crippen LogP contribution in [0.4, 0.5) is 0 Å². The third-order valence-corrected chi connectivity index (χ3v) is 6.32. The van der Waals surface area contributed by atoms with E-state index in [0.717, 1.165) is 49.8 Å². The molecule has 2 aliphatic rings. The summed E-state index contributed by atoms with van der Waals surface area (Å²) in [6.45, 7) is 9.41. The molecule has 1 amide bonds. The molecule has 1 fully saturated rings. The molecule has 1 saturated carbocycles. The number of hydrogen-bond donors (Lipinski definition) is 1. The average Bonchev–Trinajstić information content (AvgIpc) is 3.47. The Morgan fingerprint density at radius 2 is 1.77 bits per heavy atom. The minimum absolute atomic E-state index is 0.0821. The monoisotopic (exact) mass is 420 g/mol. The Hall–Kier alpha value is -2.33. The number of carbonyl (C=O) groups excluding carboxylic acids is 1. The highest BCUT2D eigenvalue weighted by atomic mass is 16.5. The van der Waals surface area contributed by atoms with Crippen molar-refractivity contribution in [2.24, 2.45) is 11.3 Å². The van der Waals surface area contributed by atoms with Crippen LogP contribution < -0.4 is 10.1 Å². The molecule has 0 heterocycles. The molecule has 2 aliphatic carbocycles. The summed E-state index contributed by atoms with van der Waals surface area (Å²) in [4.78, 5) is 15.0. The predicted octanol–water partition coefficient (Wildman–Crippen LogP) is 4.85. The molecule has 0 bridgehead atoms. The van der Waals surface area contributed by atoms with Crippen molar-refractivity contribution >= 4 is 5.91 Å². The molecule has 0 radical (unpaired) electrons. The molecule has 4 heteroatoms. The Labute approximate surface area is 187 Å². The minimum Gasteiger partial charge on any atom is -0.493 e. The summed E-state index contributed by atoms with van der Waals surface area (Å²) in [6.07, 6.45) is 4.41. The fourth-order valence-corrected chi connectivity index (χ4v) is 4.18. The van der Waals surface area contributed by atoms with E-state index < -0.39 is 0 Å². The molecule has 31 heavy (non-hydrogen) atoms. The number of likely N-dealkylation sites (N-methyl/N-ethyl adjacent to an activating group) is 1. The lowest BCUT2D eigenvalue weighted by Gasteiger charge is -2.24. The van der Waals surface area contributed by atoms with Crippen molar-refractivity contribution in [2.45, 2.75) is 59.0 Å². The van der Waals surface area contributed by atoms with Gasteiger partial charge < -0.3 is 15.0 Å². The lowest BCUT2D eigenvalue weighted by Crippen LogP contribution is -2.37. The van der Waals surface area contributed by atoms with E-state index in [9.17, 15) is 4.79 Å². The van der Waals surface area contributed by atoms with E-state index in [0.29, 0.717) is 0 Å². The molecule has 0 spiro atoms. The van der Waals surface area contributed by atoms with Crippen molar-refractivity contribution < 1.29 is 9.53 Å². The molecule has 166 valence electrons. The van der Waals surface area contributed by atoms with Crippen LogP contribution in [-0.4, -0.2) is 37.0 Å². The highest BCUT2D eigenvalue weighted by molar-refractivity contribution is 5.94. The maximum Gasteiger partial charge on any atom is 0.253 e. The number of amides is 1. The molecule has 0 aliphatic heterocycles. The summed E-state index contributed by atoms with van der Waals surface area (Å²) in [5, 5.41) is 3.55. The van der Waals surface area contributed by atoms with Crippen molar-refractivity contribution in [1.29, 1.82) is 0 Å². The van der Waals surface area contributed by atoms with E-state index >= 15 is 0 Å². The second kappa shape index (κ2) is 9.04. The molecule has 2 aromatic carbocycles. The Balaban J connectivity index is 1.32. The van der Waals surface area contributed by atoms with Gasteiger partial charge in [-0.1, -0.05) is 39.0 Å². The van der Waals surface area contributed by atoms with Crippen LogP contribution in [0.25, 0.3) is 0 Å². The Bertz CT molecular complexity index is 910. The number of benzene rings is 2. The zero-order valence-corrected chi connectivity index (χ0v) is 19.4. The van der Waals surface area contributed by atoms with Gasteiger partial charge in [0.1, 0.15) is 5.75 Å². The summed E-state index contributed by atoms with van der Waals surface area (Å²) in [5.74, 6) is 1.66. The maximum atomic E-state index is 13.0. The van der Waals surface area contributed by atoms with Gasteiger partial charge in [0.2, 0.25) is 0 Å². The van der Waals surface area contributed by atoms with Gasteiger partial charge in [0.15, 0.2) is 0 Å². The van der Waals surface area contributed by atoms with Gasteiger partial charge in [0, 0.05) is 31.7 Å². The largest absolute Gasteiger partial charge is 0.493 e. The summed E-state index contributed by atoms with van der Waals surface area (Å²) in [6, 6.07) is 14.6. The predicted molar refractivity (Wildman–Crippen MR) is 126 cm³/mol. The van der Waals surface area contributed by atoms with Crippen molar-refractivity contribution in [2.75, 3.05) is 20.2 Å². The zero-order valence-electron chi connectivity index (χ0n) is 19.4. The van der Waals surface area contributed by atoms with Gasteiger partial charge in [0.25, 0.3) is 5.91 Å². The molecule has 0 saturated heterocycles.